The Morgan fingerprint density at radius 1 is 0.388 bits per heavy atom. The molecule has 2 N–H and O–H groups in total. The van der Waals surface area contributed by atoms with Gasteiger partial charge in [-0.2, -0.15) is 114 Å². The molecular formula is C21H17F26NO. The zero-order valence-electron chi connectivity index (χ0n) is 22.8. The molecule has 0 saturated carbocycles. The van der Waals surface area contributed by atoms with E-state index in [2.05, 4.69) is 0 Å². The number of rotatable bonds is 15. The van der Waals surface area contributed by atoms with Gasteiger partial charge in [-0.1, -0.05) is 0 Å². The summed E-state index contributed by atoms with van der Waals surface area (Å²) in [5.74, 6) is -79.8. The fourth-order valence-corrected chi connectivity index (χ4v) is 4.28. The lowest BCUT2D eigenvalue weighted by Gasteiger charge is -2.42. The molecule has 0 radical (unpaired) electrons. The summed E-state index contributed by atoms with van der Waals surface area (Å²) in [5.41, 5.74) is -3.88. The van der Waals surface area contributed by atoms with Crippen molar-refractivity contribution in [2.45, 2.75) is 122 Å². The van der Waals surface area contributed by atoms with Gasteiger partial charge in [-0.15, -0.1) is 0 Å². The topological polar surface area (TPSA) is 32.3 Å². The van der Waals surface area contributed by atoms with E-state index in [1.165, 1.54) is 0 Å². The van der Waals surface area contributed by atoms with Gasteiger partial charge in [0.15, 0.2) is 0 Å². The molecule has 2 nitrogen and oxygen atoms in total. The van der Waals surface area contributed by atoms with Gasteiger partial charge < -0.3 is 10.4 Å². The van der Waals surface area contributed by atoms with Gasteiger partial charge in [0, 0.05) is 18.9 Å². The molecule has 1 aliphatic heterocycles. The minimum atomic E-state index is -8.39. The lowest BCUT2D eigenvalue weighted by Crippen LogP contribution is -2.70. The summed E-state index contributed by atoms with van der Waals surface area (Å²) >= 11 is 0. The van der Waals surface area contributed by atoms with Crippen molar-refractivity contribution in [2.24, 2.45) is 0 Å². The summed E-state index contributed by atoms with van der Waals surface area (Å²) in [5, 5.41) is 12.5. The molecule has 0 spiro atoms. The normalized spacial score (nSPS) is 19.5. The van der Waals surface area contributed by atoms with Crippen LogP contribution in [-0.4, -0.2) is 94.9 Å². The van der Waals surface area contributed by atoms with Crippen LogP contribution < -0.4 is 5.32 Å². The summed E-state index contributed by atoms with van der Waals surface area (Å²) in [7, 11) is 0. The van der Waals surface area contributed by atoms with Crippen molar-refractivity contribution in [3.63, 3.8) is 0 Å². The number of hydrogen-bond acceptors (Lipinski definition) is 2. The van der Waals surface area contributed by atoms with E-state index in [0.717, 1.165) is 0 Å². The summed E-state index contributed by atoms with van der Waals surface area (Å²) in [6.07, 6.45) is -28.5. The van der Waals surface area contributed by atoms with Crippen LogP contribution in [0, 0.1) is 0 Å². The highest BCUT2D eigenvalue weighted by Crippen LogP contribution is 2.63. The lowest BCUT2D eigenvalue weighted by molar-refractivity contribution is -0.440. The number of hydrogen-bond donors (Lipinski definition) is 2. The van der Waals surface area contributed by atoms with Crippen molar-refractivity contribution in [3.8, 4) is 0 Å². The number of halogens is 26. The molecule has 0 bridgehead atoms. The molecule has 1 heterocycles. The molecule has 28 heteroatoms. The van der Waals surface area contributed by atoms with Gasteiger partial charge in [-0.05, 0) is 32.2 Å². The Kier molecular flexibility index (Phi) is 11.4. The van der Waals surface area contributed by atoms with Crippen LogP contribution in [0.3, 0.4) is 0 Å². The van der Waals surface area contributed by atoms with Crippen LogP contribution in [0.1, 0.15) is 38.5 Å². The number of alkyl halides is 26. The van der Waals surface area contributed by atoms with Crippen molar-refractivity contribution < 1.29 is 119 Å². The molecule has 0 aromatic rings. The molecule has 1 saturated heterocycles. The summed E-state index contributed by atoms with van der Waals surface area (Å²) in [4.78, 5) is 0. The van der Waals surface area contributed by atoms with Crippen LogP contribution in [0.5, 0.6) is 0 Å². The van der Waals surface area contributed by atoms with E-state index in [1.54, 1.807) is 0 Å². The highest BCUT2D eigenvalue weighted by atomic mass is 19.4. The van der Waals surface area contributed by atoms with E-state index < -0.39 is 122 Å². The van der Waals surface area contributed by atoms with E-state index >= 15 is 0 Å². The molecule has 0 aliphatic carbocycles. The first-order valence-corrected chi connectivity index (χ1v) is 12.4. The van der Waals surface area contributed by atoms with Crippen LogP contribution in [0.2, 0.25) is 0 Å². The van der Waals surface area contributed by atoms with Gasteiger partial charge in [0.2, 0.25) is 0 Å². The zero-order chi connectivity index (χ0) is 39.7. The van der Waals surface area contributed by atoms with Crippen molar-refractivity contribution >= 4 is 0 Å². The van der Waals surface area contributed by atoms with Crippen molar-refractivity contribution in [1.29, 1.82) is 0 Å². The maximum atomic E-state index is 14.3. The standard InChI is InChI=1S/C21H17F26NO/c22-10(23,12(26,27)14(30,31)16(34,35)18(38,39)20(42,43)44)5-3-9(49,8-2-1-7-48-8)4-6-11(24,25)13(28,29)15(32,33)17(36,37)19(40,41)21(45,46)47/h8,48-49H,1-7H2/t8-/m0/s1. The van der Waals surface area contributed by atoms with Crippen LogP contribution >= 0.6 is 0 Å². The fraction of sp³-hybridized carbons (Fsp3) is 1.00. The maximum absolute atomic E-state index is 14.3. The third-order valence-corrected chi connectivity index (χ3v) is 7.45. The van der Waals surface area contributed by atoms with E-state index in [1.807, 2.05) is 5.32 Å². The van der Waals surface area contributed by atoms with Gasteiger partial charge in [0.1, 0.15) is 0 Å². The van der Waals surface area contributed by atoms with E-state index in [0.29, 0.717) is 0 Å². The van der Waals surface area contributed by atoms with Gasteiger partial charge in [-0.3, -0.25) is 0 Å². The molecular weight excluding hydrogens is 776 g/mol. The largest absolute Gasteiger partial charge is 0.460 e. The summed E-state index contributed by atoms with van der Waals surface area (Å²) in [6.45, 7) is -0.473. The van der Waals surface area contributed by atoms with E-state index in [9.17, 15) is 119 Å². The predicted molar refractivity (Wildman–Crippen MR) is 106 cm³/mol. The SMILES string of the molecule is OC(CCC(F)(F)C(F)(F)C(F)(F)C(F)(F)C(F)(F)C(F)(F)F)(CCC(F)(F)C(F)(F)C(F)(F)C(F)(F)C(F)(F)C(F)(F)F)[C@@H]1CCCN1. The average Bonchev–Trinajstić information content (AvgIpc) is 3.44. The van der Waals surface area contributed by atoms with Crippen LogP contribution in [0.25, 0.3) is 0 Å². The second kappa shape index (κ2) is 12.4. The Labute approximate surface area is 254 Å². The minimum Gasteiger partial charge on any atom is -0.388 e. The van der Waals surface area contributed by atoms with Crippen LogP contribution in [0.4, 0.5) is 114 Å². The molecule has 294 valence electrons. The van der Waals surface area contributed by atoms with E-state index in [-0.39, 0.29) is 6.42 Å². The second-order valence-electron chi connectivity index (χ2n) is 10.8. The first-order valence-electron chi connectivity index (χ1n) is 12.4. The summed E-state index contributed by atoms with van der Waals surface area (Å²) < 4.78 is 347. The molecule has 0 unspecified atom stereocenters. The molecule has 1 rings (SSSR count). The maximum Gasteiger partial charge on any atom is 0.460 e. The summed E-state index contributed by atoms with van der Waals surface area (Å²) in [6, 6.07) is -2.20. The monoisotopic (exact) mass is 793 g/mol. The minimum absolute atomic E-state index is 0.334. The highest BCUT2D eigenvalue weighted by Gasteiger charge is 2.92. The third-order valence-electron chi connectivity index (χ3n) is 7.45. The molecule has 1 aliphatic rings. The first kappa shape index (κ1) is 45.1. The van der Waals surface area contributed by atoms with Gasteiger partial charge in [0.25, 0.3) is 0 Å². The molecule has 1 fully saturated rings. The average molecular weight is 793 g/mol. The Bertz CT molecular complexity index is 1070. The quantitative estimate of drug-likeness (QED) is 0.162. The molecule has 0 aromatic heterocycles. The highest BCUT2D eigenvalue weighted by molar-refractivity contribution is 5.12. The molecule has 1 atom stereocenters. The fourth-order valence-electron chi connectivity index (χ4n) is 4.28. The smallest absolute Gasteiger partial charge is 0.388 e. The third kappa shape index (κ3) is 6.77. The van der Waals surface area contributed by atoms with Crippen molar-refractivity contribution in [2.75, 3.05) is 6.54 Å². The first-order chi connectivity index (χ1) is 21.0. The predicted octanol–water partition coefficient (Wildman–Crippen LogP) is 9.51. The van der Waals surface area contributed by atoms with Gasteiger partial charge >= 0.3 is 71.6 Å². The molecule has 0 aromatic carbocycles. The molecule has 49 heavy (non-hydrogen) atoms. The zero-order valence-corrected chi connectivity index (χ0v) is 22.8. The van der Waals surface area contributed by atoms with Crippen molar-refractivity contribution in [3.05, 3.63) is 0 Å². The van der Waals surface area contributed by atoms with E-state index in [4.69, 9.17) is 0 Å². The van der Waals surface area contributed by atoms with Gasteiger partial charge in [0.05, 0.1) is 5.60 Å². The number of nitrogens with one attached hydrogen (secondary N) is 1. The van der Waals surface area contributed by atoms with Crippen LogP contribution in [-0.2, 0) is 0 Å². The van der Waals surface area contributed by atoms with Gasteiger partial charge in [-0.25, -0.2) is 0 Å². The second-order valence-corrected chi connectivity index (χ2v) is 10.8. The Morgan fingerprint density at radius 2 is 0.653 bits per heavy atom. The lowest BCUT2D eigenvalue weighted by atomic mass is 9.79. The Balaban J connectivity index is 3.52. The molecule has 0 amide bonds. The number of aliphatic hydroxyl groups is 1. The van der Waals surface area contributed by atoms with Crippen molar-refractivity contribution in [1.82, 2.24) is 5.32 Å². The Morgan fingerprint density at radius 3 is 0.878 bits per heavy atom. The Hall–Kier alpha value is -1.90. The van der Waals surface area contributed by atoms with Crippen LogP contribution in [0.15, 0.2) is 0 Å².